The second-order valence-electron chi connectivity index (χ2n) is 5.76. The van der Waals surface area contributed by atoms with E-state index < -0.39 is 11.7 Å². The first-order valence-electron chi connectivity index (χ1n) is 6.64. The summed E-state index contributed by atoms with van der Waals surface area (Å²) in [5.41, 5.74) is -0.675. The van der Waals surface area contributed by atoms with Crippen LogP contribution >= 0.6 is 0 Å². The molecule has 1 aromatic carbocycles. The Morgan fingerprint density at radius 2 is 2.10 bits per heavy atom. The predicted molar refractivity (Wildman–Crippen MR) is 69.7 cm³/mol. The van der Waals surface area contributed by atoms with Gasteiger partial charge in [0.15, 0.2) is 11.4 Å². The smallest absolute Gasteiger partial charge is 0.306 e. The van der Waals surface area contributed by atoms with Gasteiger partial charge in [0.05, 0.1) is 12.8 Å². The van der Waals surface area contributed by atoms with E-state index in [1.807, 2.05) is 6.92 Å². The highest BCUT2D eigenvalue weighted by atomic mass is 16.6. The Morgan fingerprint density at radius 1 is 1.35 bits per heavy atom. The van der Waals surface area contributed by atoms with Gasteiger partial charge in [-0.2, -0.15) is 0 Å². The second kappa shape index (κ2) is 4.23. The summed E-state index contributed by atoms with van der Waals surface area (Å²) >= 11 is 0. The molecule has 0 radical (unpaired) electrons. The van der Waals surface area contributed by atoms with Gasteiger partial charge in [-0.1, -0.05) is 13.0 Å². The van der Waals surface area contributed by atoms with E-state index in [1.165, 1.54) is 6.07 Å². The highest BCUT2D eigenvalue weighted by Crippen LogP contribution is 2.43. The highest BCUT2D eigenvalue weighted by Gasteiger charge is 2.51. The zero-order valence-electron chi connectivity index (χ0n) is 11.4. The number of Topliss-reactive ketones (excluding diaryl/α,β-unsaturated/α-hetero) is 1. The maximum Gasteiger partial charge on any atom is 0.306 e. The molecular formula is C15H16O5. The van der Waals surface area contributed by atoms with Gasteiger partial charge < -0.3 is 14.6 Å². The molecular weight excluding hydrogens is 260 g/mol. The van der Waals surface area contributed by atoms with Gasteiger partial charge in [0, 0.05) is 5.92 Å². The first-order chi connectivity index (χ1) is 9.40. The Hall–Kier alpha value is -2.04. The van der Waals surface area contributed by atoms with Crippen molar-refractivity contribution >= 4 is 11.8 Å². The van der Waals surface area contributed by atoms with Crippen LogP contribution in [0.2, 0.25) is 0 Å². The van der Waals surface area contributed by atoms with Crippen molar-refractivity contribution in [2.24, 2.45) is 5.92 Å². The third-order valence-corrected chi connectivity index (χ3v) is 4.00. The molecule has 0 bridgehead atoms. The number of cyclic esters (lactones) is 1. The van der Waals surface area contributed by atoms with E-state index in [1.54, 1.807) is 19.1 Å². The van der Waals surface area contributed by atoms with Crippen molar-refractivity contribution in [1.82, 2.24) is 0 Å². The molecule has 0 saturated carbocycles. The van der Waals surface area contributed by atoms with Crippen molar-refractivity contribution < 1.29 is 24.2 Å². The summed E-state index contributed by atoms with van der Waals surface area (Å²) < 4.78 is 11.2. The molecule has 2 aliphatic rings. The zero-order valence-corrected chi connectivity index (χ0v) is 11.4. The van der Waals surface area contributed by atoms with Crippen molar-refractivity contribution in [1.29, 1.82) is 0 Å². The Balaban J connectivity index is 1.98. The van der Waals surface area contributed by atoms with Crippen LogP contribution in [0.5, 0.6) is 11.5 Å². The average Bonchev–Trinajstić information content (AvgIpc) is 2.68. The second-order valence-corrected chi connectivity index (χ2v) is 5.76. The lowest BCUT2D eigenvalue weighted by Gasteiger charge is -2.39. The summed E-state index contributed by atoms with van der Waals surface area (Å²) in [6.07, 6.45) is -0.0284. The molecule has 1 fully saturated rings. The van der Waals surface area contributed by atoms with E-state index >= 15 is 0 Å². The van der Waals surface area contributed by atoms with Crippen LogP contribution < -0.4 is 4.74 Å². The first kappa shape index (κ1) is 13.0. The minimum atomic E-state index is -0.885. The van der Waals surface area contributed by atoms with Crippen molar-refractivity contribution in [3.63, 3.8) is 0 Å². The normalized spacial score (nSPS) is 32.5. The predicted octanol–water partition coefficient (Wildman–Crippen LogP) is 2.07. The van der Waals surface area contributed by atoms with Gasteiger partial charge in [0.2, 0.25) is 0 Å². The molecule has 20 heavy (non-hydrogen) atoms. The summed E-state index contributed by atoms with van der Waals surface area (Å²) in [5.74, 6) is -0.187. The third kappa shape index (κ3) is 1.85. The third-order valence-electron chi connectivity index (χ3n) is 4.00. The number of hydrogen-bond donors (Lipinski definition) is 1. The molecule has 2 heterocycles. The molecule has 1 saturated heterocycles. The van der Waals surface area contributed by atoms with Gasteiger partial charge in [-0.3, -0.25) is 9.59 Å². The molecule has 1 N–H and O–H groups in total. The van der Waals surface area contributed by atoms with Crippen LogP contribution in [0.15, 0.2) is 18.2 Å². The number of esters is 1. The van der Waals surface area contributed by atoms with Crippen molar-refractivity contribution in [2.75, 3.05) is 0 Å². The zero-order chi connectivity index (χ0) is 14.5. The number of hydrogen-bond acceptors (Lipinski definition) is 5. The summed E-state index contributed by atoms with van der Waals surface area (Å²) in [6, 6.07) is 4.73. The quantitative estimate of drug-likeness (QED) is 0.795. The van der Waals surface area contributed by atoms with Gasteiger partial charge in [0.1, 0.15) is 23.2 Å². The van der Waals surface area contributed by atoms with Crippen LogP contribution in [0.4, 0.5) is 0 Å². The molecule has 0 aromatic heterocycles. The summed E-state index contributed by atoms with van der Waals surface area (Å²) in [7, 11) is 0. The van der Waals surface area contributed by atoms with Crippen LogP contribution in [0.25, 0.3) is 0 Å². The van der Waals surface area contributed by atoms with Crippen molar-refractivity contribution in [2.45, 2.75) is 38.4 Å². The largest absolute Gasteiger partial charge is 0.507 e. The maximum atomic E-state index is 12.3. The Labute approximate surface area is 116 Å². The van der Waals surface area contributed by atoms with Crippen LogP contribution in [-0.4, -0.2) is 28.6 Å². The lowest BCUT2D eigenvalue weighted by atomic mass is 9.82. The molecule has 0 spiro atoms. The SMILES string of the molecule is CC1CC(=O)OC1C1(C)CC(=O)c2c(O)cccc2O1. The van der Waals surface area contributed by atoms with E-state index in [0.717, 1.165) is 0 Å². The lowest BCUT2D eigenvalue weighted by Crippen LogP contribution is -2.51. The number of ether oxygens (including phenoxy) is 2. The molecule has 106 valence electrons. The van der Waals surface area contributed by atoms with Crippen LogP contribution in [0.3, 0.4) is 0 Å². The molecule has 0 aliphatic carbocycles. The monoisotopic (exact) mass is 276 g/mol. The topological polar surface area (TPSA) is 72.8 Å². The summed E-state index contributed by atoms with van der Waals surface area (Å²) in [4.78, 5) is 23.7. The number of carbonyl (C=O) groups is 2. The number of phenols is 1. The van der Waals surface area contributed by atoms with Crippen LogP contribution in [0, 0.1) is 5.92 Å². The van der Waals surface area contributed by atoms with Gasteiger partial charge >= 0.3 is 5.97 Å². The summed E-state index contributed by atoms with van der Waals surface area (Å²) in [6.45, 7) is 3.68. The van der Waals surface area contributed by atoms with Gasteiger partial charge in [0.25, 0.3) is 0 Å². The minimum Gasteiger partial charge on any atom is -0.507 e. The number of aromatic hydroxyl groups is 1. The maximum absolute atomic E-state index is 12.3. The number of benzene rings is 1. The van der Waals surface area contributed by atoms with E-state index in [-0.39, 0.29) is 35.4 Å². The van der Waals surface area contributed by atoms with E-state index in [4.69, 9.17) is 9.47 Å². The van der Waals surface area contributed by atoms with Crippen molar-refractivity contribution in [3.8, 4) is 11.5 Å². The van der Waals surface area contributed by atoms with Crippen molar-refractivity contribution in [3.05, 3.63) is 23.8 Å². The fraction of sp³-hybridized carbons (Fsp3) is 0.467. The molecule has 5 nitrogen and oxygen atoms in total. The lowest BCUT2D eigenvalue weighted by molar-refractivity contribution is -0.150. The Kier molecular flexibility index (Phi) is 2.74. The molecule has 3 rings (SSSR count). The van der Waals surface area contributed by atoms with Crippen LogP contribution in [-0.2, 0) is 9.53 Å². The molecule has 3 atom stereocenters. The average molecular weight is 276 g/mol. The number of rotatable bonds is 1. The van der Waals surface area contributed by atoms with Gasteiger partial charge in [-0.05, 0) is 19.1 Å². The van der Waals surface area contributed by atoms with Gasteiger partial charge in [-0.15, -0.1) is 0 Å². The number of phenolic OH excluding ortho intramolecular Hbond substituents is 1. The van der Waals surface area contributed by atoms with Gasteiger partial charge in [-0.25, -0.2) is 0 Å². The standard InChI is InChI=1S/C15H16O5/c1-8-6-12(18)19-14(8)15(2)7-10(17)13-9(16)4-3-5-11(13)20-15/h3-5,8,14,16H,6-7H2,1-2H3. The molecule has 1 aromatic rings. The fourth-order valence-corrected chi connectivity index (χ4v) is 3.14. The van der Waals surface area contributed by atoms with E-state index in [0.29, 0.717) is 12.2 Å². The van der Waals surface area contributed by atoms with E-state index in [2.05, 4.69) is 0 Å². The fourth-order valence-electron chi connectivity index (χ4n) is 3.14. The number of carbonyl (C=O) groups excluding carboxylic acids is 2. The molecule has 0 amide bonds. The van der Waals surface area contributed by atoms with Crippen LogP contribution in [0.1, 0.15) is 37.0 Å². The molecule has 2 aliphatic heterocycles. The number of ketones is 1. The first-order valence-corrected chi connectivity index (χ1v) is 6.64. The Bertz CT molecular complexity index is 594. The molecule has 3 unspecified atom stereocenters. The Morgan fingerprint density at radius 3 is 2.75 bits per heavy atom. The van der Waals surface area contributed by atoms with E-state index in [9.17, 15) is 14.7 Å². The highest BCUT2D eigenvalue weighted by molar-refractivity contribution is 6.02. The summed E-state index contributed by atoms with van der Waals surface area (Å²) in [5, 5.41) is 9.77. The number of fused-ring (bicyclic) bond motifs is 1. The minimum absolute atomic E-state index is 0.000779. The molecule has 5 heteroatoms.